The maximum absolute atomic E-state index is 6.06. The van der Waals surface area contributed by atoms with Gasteiger partial charge in [-0.05, 0) is 36.4 Å². The minimum atomic E-state index is 0.552. The monoisotopic (exact) mass is 326 g/mol. The number of benzene rings is 2. The van der Waals surface area contributed by atoms with E-state index in [-0.39, 0.29) is 0 Å². The lowest BCUT2D eigenvalue weighted by molar-refractivity contribution is 0.415. The first-order valence-corrected chi connectivity index (χ1v) is 6.43. The minimum Gasteiger partial charge on any atom is -0.495 e. The van der Waals surface area contributed by atoms with Crippen LogP contribution in [0.3, 0.4) is 0 Å². The van der Waals surface area contributed by atoms with Crippen molar-refractivity contribution < 1.29 is 4.74 Å². The van der Waals surface area contributed by atoms with Crippen LogP contribution in [-0.2, 0) is 0 Å². The van der Waals surface area contributed by atoms with Gasteiger partial charge in [0, 0.05) is 10.2 Å². The lowest BCUT2D eigenvalue weighted by Gasteiger charge is -2.11. The highest BCUT2D eigenvalue weighted by Crippen LogP contribution is 2.31. The highest BCUT2D eigenvalue weighted by molar-refractivity contribution is 9.10. The molecule has 0 atom stereocenters. The molecule has 0 unspecified atom stereocenters. The lowest BCUT2D eigenvalue weighted by Crippen LogP contribution is -1.96. The molecule has 0 spiro atoms. The molecule has 2 aromatic carbocycles. The van der Waals surface area contributed by atoms with Gasteiger partial charge in [-0.2, -0.15) is 0 Å². The van der Waals surface area contributed by atoms with Gasteiger partial charge in [0.05, 0.1) is 23.5 Å². The summed E-state index contributed by atoms with van der Waals surface area (Å²) in [5.74, 6) is 0.643. The zero-order valence-electron chi connectivity index (χ0n) is 9.71. The smallest absolute Gasteiger partial charge is 0.137 e. The largest absolute Gasteiger partial charge is 0.495 e. The first-order valence-electron chi connectivity index (χ1n) is 5.26. The van der Waals surface area contributed by atoms with E-state index < -0.39 is 0 Å². The number of hydrogen-bond donors (Lipinski definition) is 2. The van der Waals surface area contributed by atoms with Gasteiger partial charge in [-0.15, -0.1) is 0 Å². The van der Waals surface area contributed by atoms with Crippen molar-refractivity contribution in [2.45, 2.75) is 0 Å². The van der Waals surface area contributed by atoms with Gasteiger partial charge in [0.15, 0.2) is 0 Å². The molecule has 2 aromatic rings. The summed E-state index contributed by atoms with van der Waals surface area (Å²) >= 11 is 9.47. The third kappa shape index (κ3) is 2.89. The molecule has 2 rings (SSSR count). The quantitative estimate of drug-likeness (QED) is 0.819. The second kappa shape index (κ2) is 5.50. The molecule has 0 aliphatic carbocycles. The Hall–Kier alpha value is -1.39. The molecule has 0 heterocycles. The van der Waals surface area contributed by atoms with E-state index in [1.54, 1.807) is 19.2 Å². The average Bonchev–Trinajstić information content (AvgIpc) is 2.34. The van der Waals surface area contributed by atoms with Gasteiger partial charge in [0.2, 0.25) is 0 Å². The molecule has 5 heteroatoms. The second-order valence-electron chi connectivity index (χ2n) is 3.71. The molecule has 0 aromatic heterocycles. The predicted molar refractivity (Wildman–Crippen MR) is 79.8 cm³/mol. The van der Waals surface area contributed by atoms with Gasteiger partial charge >= 0.3 is 0 Å². The maximum atomic E-state index is 6.06. The molecular formula is C13H12BrClN2O. The Labute approximate surface area is 119 Å². The Morgan fingerprint density at radius 2 is 2.00 bits per heavy atom. The van der Waals surface area contributed by atoms with E-state index in [0.717, 1.165) is 15.8 Å². The number of anilines is 3. The van der Waals surface area contributed by atoms with Crippen LogP contribution in [0.4, 0.5) is 17.1 Å². The Bertz CT molecular complexity index is 575. The number of nitrogen functional groups attached to an aromatic ring is 1. The minimum absolute atomic E-state index is 0.552. The van der Waals surface area contributed by atoms with Crippen LogP contribution >= 0.6 is 27.5 Å². The molecule has 0 aliphatic heterocycles. The van der Waals surface area contributed by atoms with E-state index >= 15 is 0 Å². The summed E-state index contributed by atoms with van der Waals surface area (Å²) in [5, 5.41) is 3.76. The molecule has 0 amide bonds. The number of halogens is 2. The molecule has 18 heavy (non-hydrogen) atoms. The Morgan fingerprint density at radius 3 is 2.67 bits per heavy atom. The number of rotatable bonds is 3. The van der Waals surface area contributed by atoms with E-state index in [2.05, 4.69) is 21.2 Å². The van der Waals surface area contributed by atoms with Crippen molar-refractivity contribution in [3.8, 4) is 5.75 Å². The van der Waals surface area contributed by atoms with Crippen LogP contribution < -0.4 is 15.8 Å². The van der Waals surface area contributed by atoms with Crippen molar-refractivity contribution in [1.82, 2.24) is 0 Å². The zero-order chi connectivity index (χ0) is 13.1. The summed E-state index contributed by atoms with van der Waals surface area (Å²) in [4.78, 5) is 0. The summed E-state index contributed by atoms with van der Waals surface area (Å²) in [6.45, 7) is 0. The van der Waals surface area contributed by atoms with Gasteiger partial charge < -0.3 is 15.8 Å². The molecule has 0 aliphatic rings. The molecule has 0 saturated carbocycles. The van der Waals surface area contributed by atoms with E-state index in [1.807, 2.05) is 24.3 Å². The SMILES string of the molecule is COc1ccc(Nc2cc(Br)ccc2N)cc1Cl. The van der Waals surface area contributed by atoms with Gasteiger partial charge in [-0.25, -0.2) is 0 Å². The van der Waals surface area contributed by atoms with Crippen molar-refractivity contribution in [3.05, 3.63) is 45.9 Å². The Kier molecular flexibility index (Phi) is 3.99. The number of methoxy groups -OCH3 is 1. The second-order valence-corrected chi connectivity index (χ2v) is 5.03. The van der Waals surface area contributed by atoms with Crippen LogP contribution in [-0.4, -0.2) is 7.11 Å². The van der Waals surface area contributed by atoms with Crippen molar-refractivity contribution in [2.24, 2.45) is 0 Å². The fourth-order valence-corrected chi connectivity index (χ4v) is 2.16. The third-order valence-corrected chi connectivity index (χ3v) is 3.23. The molecule has 94 valence electrons. The predicted octanol–water partition coefficient (Wildman–Crippen LogP) is 4.44. The number of hydrogen-bond acceptors (Lipinski definition) is 3. The van der Waals surface area contributed by atoms with Gasteiger partial charge in [0.1, 0.15) is 5.75 Å². The van der Waals surface area contributed by atoms with Crippen molar-refractivity contribution in [3.63, 3.8) is 0 Å². The van der Waals surface area contributed by atoms with E-state index in [1.165, 1.54) is 0 Å². The van der Waals surface area contributed by atoms with Crippen LogP contribution in [0.1, 0.15) is 0 Å². The lowest BCUT2D eigenvalue weighted by atomic mass is 10.2. The summed E-state index contributed by atoms with van der Waals surface area (Å²) in [7, 11) is 1.58. The Morgan fingerprint density at radius 1 is 1.22 bits per heavy atom. The highest BCUT2D eigenvalue weighted by Gasteiger charge is 2.04. The summed E-state index contributed by atoms with van der Waals surface area (Å²) in [6, 6.07) is 11.1. The molecular weight excluding hydrogens is 316 g/mol. The molecule has 0 saturated heterocycles. The summed E-state index contributed by atoms with van der Waals surface area (Å²) in [6.07, 6.45) is 0. The van der Waals surface area contributed by atoms with Crippen molar-refractivity contribution >= 4 is 44.6 Å². The van der Waals surface area contributed by atoms with Crippen molar-refractivity contribution in [1.29, 1.82) is 0 Å². The number of nitrogens with two attached hydrogens (primary N) is 1. The van der Waals surface area contributed by atoms with Crippen LogP contribution in [0.2, 0.25) is 5.02 Å². The summed E-state index contributed by atoms with van der Waals surface area (Å²) < 4.78 is 6.06. The molecule has 0 bridgehead atoms. The number of nitrogens with one attached hydrogen (secondary N) is 1. The fraction of sp³-hybridized carbons (Fsp3) is 0.0769. The van der Waals surface area contributed by atoms with E-state index in [4.69, 9.17) is 22.1 Å². The van der Waals surface area contributed by atoms with Crippen LogP contribution in [0.25, 0.3) is 0 Å². The van der Waals surface area contributed by atoms with Gasteiger partial charge in [-0.3, -0.25) is 0 Å². The molecule has 0 fully saturated rings. The first-order chi connectivity index (χ1) is 8.60. The van der Waals surface area contributed by atoms with Gasteiger partial charge in [-0.1, -0.05) is 27.5 Å². The van der Waals surface area contributed by atoms with Crippen LogP contribution in [0, 0.1) is 0 Å². The maximum Gasteiger partial charge on any atom is 0.137 e. The zero-order valence-corrected chi connectivity index (χ0v) is 12.0. The van der Waals surface area contributed by atoms with Crippen LogP contribution in [0.5, 0.6) is 5.75 Å². The normalized spacial score (nSPS) is 10.2. The molecule has 3 nitrogen and oxygen atoms in total. The topological polar surface area (TPSA) is 47.3 Å². The third-order valence-electron chi connectivity index (χ3n) is 2.45. The van der Waals surface area contributed by atoms with Gasteiger partial charge in [0.25, 0.3) is 0 Å². The first kappa shape index (κ1) is 13.1. The molecule has 0 radical (unpaired) electrons. The van der Waals surface area contributed by atoms with E-state index in [0.29, 0.717) is 16.5 Å². The van der Waals surface area contributed by atoms with Crippen LogP contribution in [0.15, 0.2) is 40.9 Å². The number of ether oxygens (including phenoxy) is 1. The Balaban J connectivity index is 2.28. The average molecular weight is 328 g/mol. The van der Waals surface area contributed by atoms with Crippen molar-refractivity contribution in [2.75, 3.05) is 18.2 Å². The highest BCUT2D eigenvalue weighted by atomic mass is 79.9. The van der Waals surface area contributed by atoms with E-state index in [9.17, 15) is 0 Å². The fourth-order valence-electron chi connectivity index (χ4n) is 1.54. The summed E-state index contributed by atoms with van der Waals surface area (Å²) in [5.41, 5.74) is 8.24. The molecule has 3 N–H and O–H groups in total. The standard InChI is InChI=1S/C13H12BrClN2O/c1-18-13-5-3-9(7-10(13)15)17-12-6-8(14)2-4-11(12)16/h2-7,17H,16H2,1H3.